The third kappa shape index (κ3) is 5.71. The molecule has 1 atom stereocenters. The highest BCUT2D eigenvalue weighted by atomic mass is 35.5. The molecule has 0 aromatic rings. The van der Waals surface area contributed by atoms with E-state index in [4.69, 9.17) is 6.42 Å². The van der Waals surface area contributed by atoms with Crippen LogP contribution in [0.4, 0.5) is 0 Å². The van der Waals surface area contributed by atoms with Crippen LogP contribution >= 0.6 is 12.4 Å². The zero-order valence-corrected chi connectivity index (χ0v) is 7.40. The lowest BCUT2D eigenvalue weighted by Gasteiger charge is -2.07. The summed E-state index contributed by atoms with van der Waals surface area (Å²) in [5.41, 5.74) is 0. The van der Waals surface area contributed by atoms with E-state index in [9.17, 15) is 4.79 Å². The van der Waals surface area contributed by atoms with E-state index in [2.05, 4.69) is 16.0 Å². The maximum absolute atomic E-state index is 10.7. The minimum Gasteiger partial charge on any atom is -0.468 e. The summed E-state index contributed by atoms with van der Waals surface area (Å²) in [7, 11) is 1.34. The summed E-state index contributed by atoms with van der Waals surface area (Å²) < 4.78 is 4.44. The second-order valence-electron chi connectivity index (χ2n) is 1.83. The summed E-state index contributed by atoms with van der Waals surface area (Å²) in [6.07, 6.45) is 4.95. The fourth-order valence-corrected chi connectivity index (χ4v) is 0.472. The average molecular weight is 178 g/mol. The molecular weight excluding hydrogens is 166 g/mol. The zero-order valence-electron chi connectivity index (χ0n) is 6.59. The first-order chi connectivity index (χ1) is 4.72. The van der Waals surface area contributed by atoms with Gasteiger partial charge in [0, 0.05) is 0 Å². The van der Waals surface area contributed by atoms with Gasteiger partial charge in [0.2, 0.25) is 0 Å². The molecule has 0 aliphatic rings. The van der Waals surface area contributed by atoms with E-state index in [0.717, 1.165) is 0 Å². The quantitative estimate of drug-likeness (QED) is 0.494. The number of halogens is 1. The van der Waals surface area contributed by atoms with E-state index in [-0.39, 0.29) is 24.4 Å². The number of rotatable bonds is 3. The molecule has 1 N–H and O–H groups in total. The Hall–Kier alpha value is -0.720. The van der Waals surface area contributed by atoms with Crippen molar-refractivity contribution in [3.05, 3.63) is 0 Å². The van der Waals surface area contributed by atoms with E-state index in [1.165, 1.54) is 7.11 Å². The van der Waals surface area contributed by atoms with Crippen molar-refractivity contribution in [2.24, 2.45) is 0 Å². The first kappa shape index (κ1) is 12.9. The lowest BCUT2D eigenvalue weighted by molar-refractivity contribution is -0.142. The average Bonchev–Trinajstić information content (AvgIpc) is 1.98. The van der Waals surface area contributed by atoms with Crippen LogP contribution in [0.15, 0.2) is 0 Å². The largest absolute Gasteiger partial charge is 0.468 e. The summed E-state index contributed by atoms with van der Waals surface area (Å²) in [4.78, 5) is 10.7. The molecule has 0 heterocycles. The molecule has 0 saturated heterocycles. The van der Waals surface area contributed by atoms with Crippen molar-refractivity contribution >= 4 is 18.4 Å². The standard InChI is InChI=1S/C7H11NO2.ClH/c1-4-5-8-6(2)7(9)10-3;/h1,6,8H,5H2,2-3H3;1H/t6-;/m0./s1. The van der Waals surface area contributed by atoms with Crippen molar-refractivity contribution in [3.8, 4) is 12.3 Å². The Bertz CT molecular complexity index is 153. The summed E-state index contributed by atoms with van der Waals surface area (Å²) in [6.45, 7) is 2.08. The second kappa shape index (κ2) is 7.39. The predicted octanol–water partition coefficient (Wildman–Crippen LogP) is 0.192. The minimum absolute atomic E-state index is 0. The summed E-state index contributed by atoms with van der Waals surface area (Å²) in [5, 5.41) is 2.77. The Morgan fingerprint density at radius 3 is 2.73 bits per heavy atom. The van der Waals surface area contributed by atoms with Gasteiger partial charge in [-0.3, -0.25) is 10.1 Å². The van der Waals surface area contributed by atoms with Crippen molar-refractivity contribution < 1.29 is 9.53 Å². The lowest BCUT2D eigenvalue weighted by Crippen LogP contribution is -2.34. The smallest absolute Gasteiger partial charge is 0.322 e. The normalized spacial score (nSPS) is 10.6. The first-order valence-electron chi connectivity index (χ1n) is 2.97. The van der Waals surface area contributed by atoms with Crippen LogP contribution in [0.3, 0.4) is 0 Å². The minimum atomic E-state index is -0.318. The fraction of sp³-hybridized carbons (Fsp3) is 0.571. The molecule has 0 rings (SSSR count). The molecule has 0 unspecified atom stereocenters. The van der Waals surface area contributed by atoms with Crippen molar-refractivity contribution in [1.82, 2.24) is 5.32 Å². The summed E-state index contributed by atoms with van der Waals surface area (Å²) >= 11 is 0. The van der Waals surface area contributed by atoms with Gasteiger partial charge in [-0.25, -0.2) is 0 Å². The van der Waals surface area contributed by atoms with Gasteiger partial charge in [-0.05, 0) is 6.92 Å². The van der Waals surface area contributed by atoms with Crippen LogP contribution in [0.1, 0.15) is 6.92 Å². The Labute approximate surface area is 72.9 Å². The summed E-state index contributed by atoms with van der Waals surface area (Å²) in [6, 6.07) is -0.318. The number of hydrogen-bond donors (Lipinski definition) is 1. The number of carbonyl (C=O) groups excluding carboxylic acids is 1. The second-order valence-corrected chi connectivity index (χ2v) is 1.83. The highest BCUT2D eigenvalue weighted by Gasteiger charge is 2.09. The van der Waals surface area contributed by atoms with Gasteiger partial charge < -0.3 is 4.74 Å². The fourth-order valence-electron chi connectivity index (χ4n) is 0.472. The molecule has 3 nitrogen and oxygen atoms in total. The van der Waals surface area contributed by atoms with Crippen LogP contribution in [0.25, 0.3) is 0 Å². The van der Waals surface area contributed by atoms with E-state index in [1.807, 2.05) is 0 Å². The molecule has 11 heavy (non-hydrogen) atoms. The third-order valence-electron chi connectivity index (χ3n) is 1.07. The van der Waals surface area contributed by atoms with Crippen LogP contribution in [0, 0.1) is 12.3 Å². The van der Waals surface area contributed by atoms with E-state index in [1.54, 1.807) is 6.92 Å². The van der Waals surface area contributed by atoms with Gasteiger partial charge in [0.25, 0.3) is 0 Å². The molecule has 64 valence electrons. The number of carbonyl (C=O) groups is 1. The Morgan fingerprint density at radius 2 is 2.36 bits per heavy atom. The molecule has 0 aromatic heterocycles. The maximum atomic E-state index is 10.7. The molecule has 0 amide bonds. The SMILES string of the molecule is C#CCN[C@@H](C)C(=O)OC.Cl. The van der Waals surface area contributed by atoms with Gasteiger partial charge in [0.05, 0.1) is 13.7 Å². The highest BCUT2D eigenvalue weighted by Crippen LogP contribution is 1.83. The molecule has 0 spiro atoms. The molecule has 0 saturated carbocycles. The van der Waals surface area contributed by atoms with E-state index >= 15 is 0 Å². The topological polar surface area (TPSA) is 38.3 Å². The van der Waals surface area contributed by atoms with Crippen LogP contribution in [-0.2, 0) is 9.53 Å². The number of hydrogen-bond acceptors (Lipinski definition) is 3. The molecule has 4 heteroatoms. The van der Waals surface area contributed by atoms with Crippen molar-refractivity contribution in [2.45, 2.75) is 13.0 Å². The van der Waals surface area contributed by atoms with Crippen molar-refractivity contribution in [3.63, 3.8) is 0 Å². The predicted molar refractivity (Wildman–Crippen MR) is 45.6 cm³/mol. The van der Waals surface area contributed by atoms with Crippen LogP contribution in [0.2, 0.25) is 0 Å². The molecule has 0 aliphatic heterocycles. The van der Waals surface area contributed by atoms with E-state index < -0.39 is 0 Å². The van der Waals surface area contributed by atoms with Crippen LogP contribution in [0.5, 0.6) is 0 Å². The summed E-state index contributed by atoms with van der Waals surface area (Å²) in [5.74, 6) is 2.06. The van der Waals surface area contributed by atoms with E-state index in [0.29, 0.717) is 6.54 Å². The molecular formula is C7H12ClNO2. The molecule has 0 bridgehead atoms. The van der Waals surface area contributed by atoms with Crippen LogP contribution < -0.4 is 5.32 Å². The lowest BCUT2D eigenvalue weighted by atomic mass is 10.3. The van der Waals surface area contributed by atoms with Gasteiger partial charge in [0.15, 0.2) is 0 Å². The third-order valence-corrected chi connectivity index (χ3v) is 1.07. The van der Waals surface area contributed by atoms with Gasteiger partial charge in [-0.2, -0.15) is 0 Å². The van der Waals surface area contributed by atoms with Crippen molar-refractivity contribution in [2.75, 3.05) is 13.7 Å². The van der Waals surface area contributed by atoms with Gasteiger partial charge in [-0.15, -0.1) is 18.8 Å². The van der Waals surface area contributed by atoms with Crippen molar-refractivity contribution in [1.29, 1.82) is 0 Å². The van der Waals surface area contributed by atoms with Gasteiger partial charge in [-0.1, -0.05) is 5.92 Å². The Morgan fingerprint density at radius 1 is 1.82 bits per heavy atom. The monoisotopic (exact) mass is 177 g/mol. The van der Waals surface area contributed by atoms with Crippen LogP contribution in [-0.4, -0.2) is 25.7 Å². The maximum Gasteiger partial charge on any atom is 0.322 e. The molecule has 0 radical (unpaired) electrons. The Kier molecular flexibility index (Phi) is 8.67. The number of terminal acetylenes is 1. The zero-order chi connectivity index (χ0) is 7.98. The molecule has 0 aromatic carbocycles. The Balaban J connectivity index is 0. The molecule has 0 aliphatic carbocycles. The van der Waals surface area contributed by atoms with Gasteiger partial charge in [0.1, 0.15) is 6.04 Å². The number of ether oxygens (including phenoxy) is 1. The highest BCUT2D eigenvalue weighted by molar-refractivity contribution is 5.85. The first-order valence-corrected chi connectivity index (χ1v) is 2.97. The number of nitrogens with one attached hydrogen (secondary N) is 1. The van der Waals surface area contributed by atoms with Gasteiger partial charge >= 0.3 is 5.97 Å². The molecule has 0 fully saturated rings. The number of methoxy groups -OCH3 is 1. The number of esters is 1.